The van der Waals surface area contributed by atoms with E-state index in [1.54, 1.807) is 115 Å². The van der Waals surface area contributed by atoms with Crippen LogP contribution < -0.4 is 20.7 Å². The maximum atomic E-state index is 12.9. The number of ether oxygens (including phenoxy) is 4. The summed E-state index contributed by atoms with van der Waals surface area (Å²) in [7, 11) is -3.20. The van der Waals surface area contributed by atoms with Crippen LogP contribution in [0, 0.1) is 19.1 Å². The molecular weight excluding hydrogens is 1430 g/mol. The molecule has 3 saturated heterocycles. The topological polar surface area (TPSA) is 285 Å². The summed E-state index contributed by atoms with van der Waals surface area (Å²) in [6.07, 6.45) is 25.7. The Morgan fingerprint density at radius 1 is 0.726 bits per heavy atom. The fraction of sp³-hybridized carbons (Fsp3) is 0.481. The number of hydrogen-bond acceptors (Lipinski definition) is 17. The van der Waals surface area contributed by atoms with Gasteiger partial charge in [0.1, 0.15) is 24.7 Å². The number of allylic oxidation sites excluding steroid dienone is 2. The molecule has 0 spiro atoms. The Morgan fingerprint density at radius 2 is 1.25 bits per heavy atom. The van der Waals surface area contributed by atoms with E-state index in [0.29, 0.717) is 49.6 Å². The summed E-state index contributed by atoms with van der Waals surface area (Å²) >= 11 is 3.31. The summed E-state index contributed by atoms with van der Waals surface area (Å²) in [4.78, 5) is 86.3. The number of hydrogen-bond donors (Lipinski definition) is 4. The van der Waals surface area contributed by atoms with Crippen molar-refractivity contribution in [3.05, 3.63) is 200 Å². The van der Waals surface area contributed by atoms with Gasteiger partial charge in [0.15, 0.2) is 5.70 Å². The lowest BCUT2D eigenvalue weighted by Crippen LogP contribution is -2.36. The van der Waals surface area contributed by atoms with Gasteiger partial charge in [0.25, 0.3) is 23.3 Å². The van der Waals surface area contributed by atoms with E-state index in [-0.39, 0.29) is 41.1 Å². The Hall–Kier alpha value is -9.32. The van der Waals surface area contributed by atoms with Crippen LogP contribution in [0.1, 0.15) is 195 Å². The minimum absolute atomic E-state index is 0.00748. The monoisotopic (exact) mass is 1530 g/mol. The number of hydrazine groups is 1. The molecule has 0 bridgehead atoms. The van der Waals surface area contributed by atoms with Gasteiger partial charge in [-0.2, -0.15) is 13.2 Å². The lowest BCUT2D eigenvalue weighted by atomic mass is 10.1. The fourth-order valence-electron chi connectivity index (χ4n) is 10.4. The van der Waals surface area contributed by atoms with Crippen LogP contribution in [0.4, 0.5) is 18.9 Å². The van der Waals surface area contributed by atoms with Crippen molar-refractivity contribution >= 4 is 80.7 Å². The molecule has 3 amide bonds. The van der Waals surface area contributed by atoms with Crippen LogP contribution in [0.25, 0.3) is 15.3 Å². The molecule has 23 nitrogen and oxygen atoms in total. The highest BCUT2D eigenvalue weighted by atomic mass is 32.2. The zero-order chi connectivity index (χ0) is 77.5. The summed E-state index contributed by atoms with van der Waals surface area (Å²) < 4.78 is 83.1. The van der Waals surface area contributed by atoms with Gasteiger partial charge in [-0.1, -0.05) is 209 Å². The third kappa shape index (κ3) is 33.4. The number of carbonyl (C=O) groups excluding carboxylic acids is 5. The number of aliphatic imine (C=N–C) groups is 1. The molecule has 0 radical (unpaired) electrons. The smallest absolute Gasteiger partial charge is 0.473 e. The fourth-order valence-corrected chi connectivity index (χ4v) is 13.8. The quantitative estimate of drug-likeness (QED) is 0.00558. The second kappa shape index (κ2) is 50.2. The molecule has 0 aliphatic carbocycles. The molecule has 106 heavy (non-hydrogen) atoms. The number of aliphatic hydroxyl groups is 1. The van der Waals surface area contributed by atoms with Crippen molar-refractivity contribution in [2.45, 2.75) is 186 Å². The maximum Gasteiger partial charge on any atom is 0.473 e. The number of sulfonamides is 1. The largest absolute Gasteiger partial charge is 0.515 e. The van der Waals surface area contributed by atoms with E-state index in [0.717, 1.165) is 84.7 Å². The van der Waals surface area contributed by atoms with Crippen LogP contribution in [0.15, 0.2) is 149 Å². The van der Waals surface area contributed by atoms with Gasteiger partial charge >= 0.3 is 29.7 Å². The molecule has 29 heteroatoms. The van der Waals surface area contributed by atoms with Crippen molar-refractivity contribution in [3.8, 4) is 5.88 Å². The Balaban J connectivity index is 0.000000298. The lowest BCUT2D eigenvalue weighted by molar-refractivity contribution is -0.169. The van der Waals surface area contributed by atoms with E-state index in [2.05, 4.69) is 43.7 Å². The van der Waals surface area contributed by atoms with Gasteiger partial charge in [0.2, 0.25) is 15.9 Å². The van der Waals surface area contributed by atoms with Gasteiger partial charge in [0, 0.05) is 35.7 Å². The summed E-state index contributed by atoms with van der Waals surface area (Å²) in [5, 5.41) is 20.6. The first kappa shape index (κ1) is 89.1. The van der Waals surface area contributed by atoms with Crippen LogP contribution in [0.2, 0.25) is 0 Å². The van der Waals surface area contributed by atoms with Crippen molar-refractivity contribution in [1.29, 1.82) is 0 Å². The number of nitrogens with zero attached hydrogens (tertiary/aromatic N) is 7. The minimum atomic E-state index is -5.16. The first-order chi connectivity index (χ1) is 51.0. The molecule has 3 aliphatic rings. The summed E-state index contributed by atoms with van der Waals surface area (Å²) in [6, 6.07) is 30.1. The highest BCUT2D eigenvalue weighted by Crippen LogP contribution is 2.40. The zero-order valence-electron chi connectivity index (χ0n) is 61.1. The van der Waals surface area contributed by atoms with Crippen molar-refractivity contribution in [1.82, 2.24) is 24.5 Å². The molecule has 4 N–H and O–H groups in total. The van der Waals surface area contributed by atoms with E-state index >= 15 is 0 Å². The summed E-state index contributed by atoms with van der Waals surface area (Å²) in [5.41, 5.74) is 5.62. The maximum absolute atomic E-state index is 12.9. The predicted molar refractivity (Wildman–Crippen MR) is 408 cm³/mol. The van der Waals surface area contributed by atoms with Gasteiger partial charge in [-0.25, -0.2) is 42.3 Å². The lowest BCUT2D eigenvalue weighted by Gasteiger charge is -2.17. The molecule has 2 aromatic heterocycles. The molecular formula is C77H100F3N9O14S3. The molecule has 3 aliphatic heterocycles. The molecule has 576 valence electrons. The number of carbonyl (C=O) groups is 5. The van der Waals surface area contributed by atoms with Crippen LogP contribution >= 0.6 is 23.5 Å². The molecule has 3 aromatic carbocycles. The number of benzene rings is 3. The molecule has 0 saturated carbocycles. The number of unbranched alkanes of at least 4 members (excludes halogenated alkanes) is 18. The first-order valence-corrected chi connectivity index (χ1v) is 39.7. The minimum Gasteiger partial charge on any atom is -0.515 e. The number of nitrogens with one attached hydrogen (secondary N) is 2. The molecule has 5 heterocycles. The van der Waals surface area contributed by atoms with Crippen molar-refractivity contribution in [2.75, 3.05) is 49.2 Å². The molecule has 1 atom stereocenters. The number of esters is 2. The van der Waals surface area contributed by atoms with Crippen LogP contribution in [0.5, 0.6) is 5.88 Å². The second-order valence-electron chi connectivity index (χ2n) is 24.6. The van der Waals surface area contributed by atoms with Crippen LogP contribution in [-0.4, -0.2) is 124 Å². The van der Waals surface area contributed by atoms with E-state index in [1.807, 2.05) is 25.1 Å². The molecule has 3 fully saturated rings. The van der Waals surface area contributed by atoms with Gasteiger partial charge in [-0.05, 0) is 67.6 Å². The third-order valence-corrected chi connectivity index (χ3v) is 19.8. The normalized spacial score (nSPS) is 14.3. The number of amides is 3. The number of aromatic hydroxyl groups is 1. The summed E-state index contributed by atoms with van der Waals surface area (Å²) in [6.45, 7) is 23.1. The number of alkyl halides is 3. The van der Waals surface area contributed by atoms with Crippen LogP contribution in [-0.2, 0) is 61.2 Å². The first-order valence-electron chi connectivity index (χ1n) is 35.7. The third-order valence-electron chi connectivity index (χ3n) is 16.1. The molecule has 5 aromatic rings. The van der Waals surface area contributed by atoms with Crippen molar-refractivity contribution < 1.29 is 74.7 Å². The van der Waals surface area contributed by atoms with Gasteiger partial charge in [0.05, 0.1) is 73.5 Å². The van der Waals surface area contributed by atoms with E-state index in [1.165, 1.54) is 124 Å². The van der Waals surface area contributed by atoms with Crippen molar-refractivity contribution in [2.24, 2.45) is 10.9 Å². The predicted octanol–water partition coefficient (Wildman–Crippen LogP) is 15.8. The van der Waals surface area contributed by atoms with E-state index in [9.17, 15) is 55.5 Å². The van der Waals surface area contributed by atoms with Gasteiger partial charge in [-0.3, -0.25) is 34.4 Å². The Morgan fingerprint density at radius 3 is 1.73 bits per heavy atom. The number of aromatic nitrogens is 3. The number of aliphatic hydroxyl groups excluding tert-OH is 1. The number of anilines is 1. The number of halogens is 3. The zero-order valence-corrected chi connectivity index (χ0v) is 63.5. The second-order valence-corrected chi connectivity index (χ2v) is 29.1. The average molecular weight is 1530 g/mol. The number of thioether (sulfide) groups is 2. The van der Waals surface area contributed by atoms with E-state index < -0.39 is 57.0 Å². The Kier molecular flexibility index (Phi) is 42.2. The number of pyridine rings is 1. The number of rotatable bonds is 35. The highest BCUT2D eigenvalue weighted by molar-refractivity contribution is 8.20. The Bertz CT molecular complexity index is 3900. The average Bonchev–Trinajstić information content (AvgIpc) is 1.65. The van der Waals surface area contributed by atoms with Gasteiger partial charge in [-0.15, -0.1) is 23.5 Å². The summed E-state index contributed by atoms with van der Waals surface area (Å²) in [5.74, 6) is -3.29. The molecule has 1 unspecified atom stereocenters. The Labute approximate surface area is 629 Å². The SMILES string of the molecule is CC/C(=C\O)c1ccccn1.CCCCCCCCCCCCOC(=O)c1cccc(N2NC(=O)C(C3SCCS3)C2=O)c1.O=C(N=Cc1c(O)n(Cc2ccccc2)n(Cc2ccccc2)c1=O)C(F)(F)F.[C-]#[N+]/C(C)=C/NS(C)(=O)=O.[C-]#[N+]C(C(=O)OCCCCCCCCCCCC)=C1OCCO1. The highest BCUT2D eigenvalue weighted by Gasteiger charge is 2.47. The van der Waals surface area contributed by atoms with Gasteiger partial charge < -0.3 is 33.9 Å². The molecule has 8 rings (SSSR count). The standard InChI is InChI=1S/C25H36N2O4S2.C20H16F3N3O3.C18H29NO4.C9H11NO.C5H8N2O2S/c1-2-3-4-5-6-7-8-9-10-11-15-31-24(30)19-13-12-14-20(18-19)27-23(29)21(22(28)26-27)25-32-16-17-33-25;21-20(22,23)19(29)24-11-16-17(27)25(12-14-7-3-1-4-8-14)26(18(16)28)13-15-9-5-2-6-10-15;1-3-4-5-6-7-8-9-10-11-12-13-21-17(20)16(19-2)18-22-14-15-23-18;1-2-8(7-11)9-5-3-4-6-10-9;1-5(6-2)4-7-10(3,8)9/h12-14,18,21,25H,2-11,15-17H2,1H3,(H,26,28);1-11,27H,12-13H2;3-15H2,1H3;3-7,11H,2H2,1H3;4,7H,1,3H3/b;;;8-7+;5-4+. The van der Waals surface area contributed by atoms with Crippen LogP contribution in [0.3, 0.4) is 0 Å². The van der Waals surface area contributed by atoms with Crippen molar-refractivity contribution in [3.63, 3.8) is 0 Å². The van der Waals surface area contributed by atoms with E-state index in [4.69, 9.17) is 37.2 Å².